The van der Waals surface area contributed by atoms with E-state index >= 15 is 0 Å². The van der Waals surface area contributed by atoms with E-state index in [4.69, 9.17) is 5.73 Å². The number of aromatic nitrogens is 2. The molecule has 1 saturated heterocycles. The molecule has 2 heterocycles. The van der Waals surface area contributed by atoms with Gasteiger partial charge in [0.05, 0.1) is 0 Å². The minimum atomic E-state index is 0.394. The lowest BCUT2D eigenvalue weighted by Crippen LogP contribution is -2.32. The maximum absolute atomic E-state index is 5.86. The van der Waals surface area contributed by atoms with E-state index in [1.165, 1.54) is 24.8 Å². The van der Waals surface area contributed by atoms with E-state index in [-0.39, 0.29) is 0 Å². The van der Waals surface area contributed by atoms with E-state index in [9.17, 15) is 0 Å². The summed E-state index contributed by atoms with van der Waals surface area (Å²) in [4.78, 5) is 13.5. The molecule has 1 aliphatic heterocycles. The molecule has 2 rings (SSSR count). The lowest BCUT2D eigenvalue weighted by atomic mass is 10.1. The molecular formula is C15H27N5. The van der Waals surface area contributed by atoms with Gasteiger partial charge in [-0.25, -0.2) is 4.98 Å². The second kappa shape index (κ2) is 6.39. The van der Waals surface area contributed by atoms with Crippen LogP contribution in [0.3, 0.4) is 0 Å². The highest BCUT2D eigenvalue weighted by molar-refractivity contribution is 5.52. The van der Waals surface area contributed by atoms with Crippen LogP contribution in [0.4, 0.5) is 11.8 Å². The van der Waals surface area contributed by atoms with Crippen molar-refractivity contribution in [2.45, 2.75) is 45.6 Å². The van der Waals surface area contributed by atoms with Crippen LogP contribution in [0.15, 0.2) is 0 Å². The number of rotatable bonds is 5. The predicted molar refractivity (Wildman–Crippen MR) is 84.1 cm³/mol. The number of anilines is 2. The Kier molecular flexibility index (Phi) is 4.81. The van der Waals surface area contributed by atoms with Crippen molar-refractivity contribution in [3.8, 4) is 0 Å². The molecule has 0 unspecified atom stereocenters. The highest BCUT2D eigenvalue weighted by Gasteiger charge is 2.27. The molecule has 0 aliphatic carbocycles. The third kappa shape index (κ3) is 3.20. The zero-order chi connectivity index (χ0) is 14.7. The highest BCUT2D eigenvalue weighted by atomic mass is 15.3. The van der Waals surface area contributed by atoms with Crippen LogP contribution < -0.4 is 10.6 Å². The van der Waals surface area contributed by atoms with Crippen LogP contribution in [0, 0.1) is 6.92 Å². The van der Waals surface area contributed by atoms with Crippen LogP contribution in [0.1, 0.15) is 37.4 Å². The second-order valence-corrected chi connectivity index (χ2v) is 5.93. The van der Waals surface area contributed by atoms with Crippen molar-refractivity contribution in [3.05, 3.63) is 11.3 Å². The fourth-order valence-electron chi connectivity index (χ4n) is 2.87. The monoisotopic (exact) mass is 277 g/mol. The van der Waals surface area contributed by atoms with E-state index in [2.05, 4.69) is 40.8 Å². The van der Waals surface area contributed by atoms with E-state index < -0.39 is 0 Å². The van der Waals surface area contributed by atoms with Crippen molar-refractivity contribution in [3.63, 3.8) is 0 Å². The molecule has 1 atom stereocenters. The van der Waals surface area contributed by atoms with Crippen molar-refractivity contribution in [1.82, 2.24) is 14.9 Å². The summed E-state index contributed by atoms with van der Waals surface area (Å²) in [5, 5.41) is 0. The summed E-state index contributed by atoms with van der Waals surface area (Å²) in [6, 6.07) is 0.602. The fraction of sp³-hybridized carbons (Fsp3) is 0.733. The summed E-state index contributed by atoms with van der Waals surface area (Å²) in [5.41, 5.74) is 8.17. The number of likely N-dealkylation sites (N-methyl/N-ethyl adjacent to an activating group) is 1. The zero-order valence-electron chi connectivity index (χ0n) is 13.2. The number of hydrogen-bond donors (Lipinski definition) is 1. The Balaban J connectivity index is 2.25. The van der Waals surface area contributed by atoms with Crippen molar-refractivity contribution in [2.24, 2.45) is 0 Å². The Morgan fingerprint density at radius 1 is 1.35 bits per heavy atom. The summed E-state index contributed by atoms with van der Waals surface area (Å²) >= 11 is 0. The van der Waals surface area contributed by atoms with Gasteiger partial charge in [-0.15, -0.1) is 0 Å². The first-order valence-corrected chi connectivity index (χ1v) is 7.57. The number of aryl methyl sites for hydroxylation is 1. The fourth-order valence-corrected chi connectivity index (χ4v) is 2.87. The second-order valence-electron chi connectivity index (χ2n) is 5.93. The van der Waals surface area contributed by atoms with Crippen molar-refractivity contribution in [1.29, 1.82) is 0 Å². The first kappa shape index (κ1) is 15.0. The Bertz CT molecular complexity index is 458. The predicted octanol–water partition coefficient (Wildman–Crippen LogP) is 1.85. The molecule has 2 N–H and O–H groups in total. The SMILES string of the molecule is CCCCc1c(C)nc(N)nc1N1CC[C@@H](N(C)C)C1. The maximum atomic E-state index is 5.86. The van der Waals surface area contributed by atoms with Gasteiger partial charge in [0, 0.05) is 30.4 Å². The van der Waals surface area contributed by atoms with Crippen LogP contribution >= 0.6 is 0 Å². The number of nitrogen functional groups attached to an aromatic ring is 1. The Morgan fingerprint density at radius 3 is 2.70 bits per heavy atom. The van der Waals surface area contributed by atoms with Gasteiger partial charge in [0.2, 0.25) is 5.95 Å². The van der Waals surface area contributed by atoms with E-state index in [1.807, 2.05) is 6.92 Å². The standard InChI is InChI=1S/C15H27N5/c1-5-6-7-13-11(2)17-15(16)18-14(13)20-9-8-12(10-20)19(3)4/h12H,5-10H2,1-4H3,(H2,16,17,18)/t12-/m1/s1. The van der Waals surface area contributed by atoms with Crippen LogP contribution in [0.2, 0.25) is 0 Å². The number of unbranched alkanes of at least 4 members (excludes halogenated alkanes) is 1. The summed E-state index contributed by atoms with van der Waals surface area (Å²) in [6.45, 7) is 6.34. The summed E-state index contributed by atoms with van der Waals surface area (Å²) in [7, 11) is 4.29. The number of nitrogens with two attached hydrogens (primary N) is 1. The molecule has 0 radical (unpaired) electrons. The molecule has 0 amide bonds. The van der Waals surface area contributed by atoms with E-state index in [0.717, 1.165) is 31.0 Å². The van der Waals surface area contributed by atoms with Crippen LogP contribution in [0.25, 0.3) is 0 Å². The molecule has 1 aromatic heterocycles. The number of hydrogen-bond acceptors (Lipinski definition) is 5. The molecule has 1 aliphatic rings. The smallest absolute Gasteiger partial charge is 0.222 e. The lowest BCUT2D eigenvalue weighted by molar-refractivity contribution is 0.315. The van der Waals surface area contributed by atoms with E-state index in [1.54, 1.807) is 0 Å². The minimum absolute atomic E-state index is 0.394. The summed E-state index contributed by atoms with van der Waals surface area (Å²) in [5.74, 6) is 1.46. The molecule has 1 fully saturated rings. The molecule has 0 aromatic carbocycles. The summed E-state index contributed by atoms with van der Waals surface area (Å²) in [6.07, 6.45) is 4.58. The molecule has 5 heteroatoms. The Hall–Kier alpha value is -1.36. The normalized spacial score (nSPS) is 19.1. The molecule has 5 nitrogen and oxygen atoms in total. The molecule has 0 spiro atoms. The third-order valence-corrected chi connectivity index (χ3v) is 4.18. The van der Waals surface area contributed by atoms with Crippen LogP contribution in [-0.2, 0) is 6.42 Å². The van der Waals surface area contributed by atoms with Gasteiger partial charge in [0.15, 0.2) is 0 Å². The first-order valence-electron chi connectivity index (χ1n) is 7.57. The van der Waals surface area contributed by atoms with Crippen molar-refractivity contribution >= 4 is 11.8 Å². The molecule has 0 saturated carbocycles. The van der Waals surface area contributed by atoms with Crippen molar-refractivity contribution < 1.29 is 0 Å². The average molecular weight is 277 g/mol. The maximum Gasteiger partial charge on any atom is 0.222 e. The molecule has 20 heavy (non-hydrogen) atoms. The third-order valence-electron chi connectivity index (χ3n) is 4.18. The number of nitrogens with zero attached hydrogens (tertiary/aromatic N) is 4. The van der Waals surface area contributed by atoms with E-state index in [0.29, 0.717) is 12.0 Å². The largest absolute Gasteiger partial charge is 0.368 e. The molecule has 0 bridgehead atoms. The summed E-state index contributed by atoms with van der Waals surface area (Å²) < 4.78 is 0. The van der Waals surface area contributed by atoms with Gasteiger partial charge in [-0.1, -0.05) is 13.3 Å². The van der Waals surface area contributed by atoms with Gasteiger partial charge < -0.3 is 15.5 Å². The minimum Gasteiger partial charge on any atom is -0.368 e. The van der Waals surface area contributed by atoms with Gasteiger partial charge in [-0.3, -0.25) is 0 Å². The topological polar surface area (TPSA) is 58.3 Å². The zero-order valence-corrected chi connectivity index (χ0v) is 13.2. The van der Waals surface area contributed by atoms with Gasteiger partial charge in [-0.05, 0) is 40.3 Å². The lowest BCUT2D eigenvalue weighted by Gasteiger charge is -2.24. The molecule has 1 aromatic rings. The van der Waals surface area contributed by atoms with Crippen LogP contribution in [0.5, 0.6) is 0 Å². The average Bonchev–Trinajstić information content (AvgIpc) is 2.86. The van der Waals surface area contributed by atoms with Crippen LogP contribution in [-0.4, -0.2) is 48.1 Å². The van der Waals surface area contributed by atoms with Gasteiger partial charge in [0.1, 0.15) is 5.82 Å². The highest BCUT2D eigenvalue weighted by Crippen LogP contribution is 2.27. The Labute approximate surface area is 122 Å². The van der Waals surface area contributed by atoms with Gasteiger partial charge in [0.25, 0.3) is 0 Å². The first-order chi connectivity index (χ1) is 9.52. The van der Waals surface area contributed by atoms with Gasteiger partial charge in [-0.2, -0.15) is 4.98 Å². The Morgan fingerprint density at radius 2 is 2.10 bits per heavy atom. The molecular weight excluding hydrogens is 250 g/mol. The quantitative estimate of drug-likeness (QED) is 0.890. The molecule has 112 valence electrons. The van der Waals surface area contributed by atoms with Crippen molar-refractivity contribution in [2.75, 3.05) is 37.8 Å². The van der Waals surface area contributed by atoms with Gasteiger partial charge >= 0.3 is 0 Å².